The molecule has 0 aromatic rings. The number of rotatable bonds is 0. The van der Waals surface area contributed by atoms with E-state index >= 15 is 0 Å². The van der Waals surface area contributed by atoms with Gasteiger partial charge in [-0.15, -0.1) is 0 Å². The first-order chi connectivity index (χ1) is 6.09. The van der Waals surface area contributed by atoms with Gasteiger partial charge in [-0.1, -0.05) is 0 Å². The molecule has 2 aliphatic heterocycles. The molecule has 0 saturated carbocycles. The third-order valence-corrected chi connectivity index (χ3v) is 2.22. The van der Waals surface area contributed by atoms with Crippen LogP contribution in [-0.4, -0.2) is 23.6 Å². The first kappa shape index (κ1) is 7.90. The molecule has 0 aromatic heterocycles. The molecule has 68 valence electrons. The van der Waals surface area contributed by atoms with Gasteiger partial charge in [0, 0.05) is 6.42 Å². The van der Waals surface area contributed by atoms with Crippen LogP contribution in [0.5, 0.6) is 0 Å². The topological polar surface area (TPSA) is 92.3 Å². The Hall–Kier alpha value is -1.72. The molecule has 0 bridgehead atoms. The number of carbonyl (C=O) groups is 4. The van der Waals surface area contributed by atoms with Crippen LogP contribution in [0, 0.1) is 11.8 Å². The van der Waals surface area contributed by atoms with Gasteiger partial charge in [-0.3, -0.25) is 29.8 Å². The number of hydrogen-bond acceptors (Lipinski definition) is 4. The second-order valence-corrected chi connectivity index (χ2v) is 3.05. The fourth-order valence-electron chi connectivity index (χ4n) is 1.60. The molecule has 2 aliphatic rings. The number of imide groups is 2. The van der Waals surface area contributed by atoms with E-state index in [4.69, 9.17) is 0 Å². The van der Waals surface area contributed by atoms with E-state index in [1.165, 1.54) is 0 Å². The average Bonchev–Trinajstić information content (AvgIpc) is 2.27. The molecule has 13 heavy (non-hydrogen) atoms. The molecule has 4 amide bonds. The van der Waals surface area contributed by atoms with Gasteiger partial charge in [0.2, 0.25) is 23.6 Å². The summed E-state index contributed by atoms with van der Waals surface area (Å²) in [6.45, 7) is 0. The number of piperidine rings is 1. The van der Waals surface area contributed by atoms with E-state index in [9.17, 15) is 19.2 Å². The van der Waals surface area contributed by atoms with Crippen LogP contribution in [0.3, 0.4) is 0 Å². The summed E-state index contributed by atoms with van der Waals surface area (Å²) < 4.78 is 0. The molecule has 6 nitrogen and oxygen atoms in total. The normalized spacial score (nSPS) is 32.6. The zero-order valence-corrected chi connectivity index (χ0v) is 6.49. The molecule has 0 aliphatic carbocycles. The Morgan fingerprint density at radius 3 is 2.23 bits per heavy atom. The number of nitrogens with one attached hydrogen (secondary N) is 2. The first-order valence-corrected chi connectivity index (χ1v) is 3.78. The Labute approximate surface area is 72.7 Å². The molecule has 6 heteroatoms. The summed E-state index contributed by atoms with van der Waals surface area (Å²) in [5.41, 5.74) is 0. The SMILES string of the molecule is O=C1CC2C(=O)NC(=O)C2C(=O)N1. The van der Waals surface area contributed by atoms with Crippen molar-refractivity contribution in [1.29, 1.82) is 0 Å². The second kappa shape index (κ2) is 2.38. The quantitative estimate of drug-likeness (QED) is 0.332. The fourth-order valence-corrected chi connectivity index (χ4v) is 1.60. The summed E-state index contributed by atoms with van der Waals surface area (Å²) >= 11 is 0. The first-order valence-electron chi connectivity index (χ1n) is 3.78. The van der Waals surface area contributed by atoms with Gasteiger partial charge >= 0.3 is 0 Å². The standard InChI is InChI=1S/C7H6N2O4/c10-3-1-2-4(6(12)8-3)7(13)9-5(2)11/h2,4H,1H2,(H,8,10,12)(H,9,11,13). The summed E-state index contributed by atoms with van der Waals surface area (Å²) in [5.74, 6) is -4.13. The van der Waals surface area contributed by atoms with Gasteiger partial charge in [0.15, 0.2) is 0 Å². The molecule has 2 fully saturated rings. The van der Waals surface area contributed by atoms with Crippen molar-refractivity contribution < 1.29 is 19.2 Å². The van der Waals surface area contributed by atoms with E-state index in [0.717, 1.165) is 0 Å². The van der Waals surface area contributed by atoms with Crippen molar-refractivity contribution in [3.05, 3.63) is 0 Å². The van der Waals surface area contributed by atoms with Gasteiger partial charge < -0.3 is 0 Å². The Morgan fingerprint density at radius 1 is 0.923 bits per heavy atom. The molecular weight excluding hydrogens is 176 g/mol. The lowest BCUT2D eigenvalue weighted by atomic mass is 9.88. The van der Waals surface area contributed by atoms with E-state index in [-0.39, 0.29) is 6.42 Å². The lowest BCUT2D eigenvalue weighted by Gasteiger charge is -2.19. The Kier molecular flexibility index (Phi) is 1.45. The summed E-state index contributed by atoms with van der Waals surface area (Å²) in [6.07, 6.45) is -0.0893. The highest BCUT2D eigenvalue weighted by atomic mass is 16.2. The van der Waals surface area contributed by atoms with Crippen LogP contribution in [0.15, 0.2) is 0 Å². The minimum Gasteiger partial charge on any atom is -0.296 e. The second-order valence-electron chi connectivity index (χ2n) is 3.05. The van der Waals surface area contributed by atoms with Crippen LogP contribution in [-0.2, 0) is 19.2 Å². The zero-order valence-electron chi connectivity index (χ0n) is 6.49. The molecule has 2 atom stereocenters. The highest BCUT2D eigenvalue weighted by molar-refractivity contribution is 6.20. The zero-order chi connectivity index (χ0) is 9.59. The van der Waals surface area contributed by atoms with Crippen molar-refractivity contribution in [3.8, 4) is 0 Å². The Morgan fingerprint density at radius 2 is 1.54 bits per heavy atom. The van der Waals surface area contributed by atoms with Gasteiger partial charge in [-0.05, 0) is 0 Å². The minimum atomic E-state index is -1.01. The van der Waals surface area contributed by atoms with Crippen LogP contribution in [0.1, 0.15) is 6.42 Å². The maximum atomic E-state index is 11.1. The lowest BCUT2D eigenvalue weighted by Crippen LogP contribution is -2.47. The van der Waals surface area contributed by atoms with E-state index < -0.39 is 35.5 Å². The maximum absolute atomic E-state index is 11.1. The molecular formula is C7H6N2O4. The largest absolute Gasteiger partial charge is 0.296 e. The van der Waals surface area contributed by atoms with Gasteiger partial charge in [0.1, 0.15) is 5.92 Å². The number of amides is 4. The van der Waals surface area contributed by atoms with Crippen molar-refractivity contribution in [1.82, 2.24) is 10.6 Å². The highest BCUT2D eigenvalue weighted by Gasteiger charge is 2.50. The maximum Gasteiger partial charge on any atom is 0.239 e. The van der Waals surface area contributed by atoms with Crippen molar-refractivity contribution in [2.24, 2.45) is 11.8 Å². The Balaban J connectivity index is 2.34. The monoisotopic (exact) mass is 182 g/mol. The number of carbonyl (C=O) groups excluding carboxylic acids is 4. The molecule has 0 radical (unpaired) electrons. The predicted octanol–water partition coefficient (Wildman–Crippen LogP) is -2.08. The highest BCUT2D eigenvalue weighted by Crippen LogP contribution is 2.25. The average molecular weight is 182 g/mol. The molecule has 2 unspecified atom stereocenters. The molecule has 0 aromatic carbocycles. The van der Waals surface area contributed by atoms with E-state index in [1.54, 1.807) is 0 Å². The predicted molar refractivity (Wildman–Crippen MR) is 37.9 cm³/mol. The van der Waals surface area contributed by atoms with Gasteiger partial charge in [-0.2, -0.15) is 0 Å². The van der Waals surface area contributed by atoms with Crippen LogP contribution < -0.4 is 10.6 Å². The van der Waals surface area contributed by atoms with Crippen molar-refractivity contribution >= 4 is 23.6 Å². The number of hydrogen-bond donors (Lipinski definition) is 2. The summed E-state index contributed by atoms with van der Waals surface area (Å²) in [6, 6.07) is 0. The van der Waals surface area contributed by atoms with Crippen LogP contribution in [0.4, 0.5) is 0 Å². The summed E-state index contributed by atoms with van der Waals surface area (Å²) in [4.78, 5) is 44.0. The lowest BCUT2D eigenvalue weighted by molar-refractivity contribution is -0.143. The molecule has 2 rings (SSSR count). The van der Waals surface area contributed by atoms with Gasteiger partial charge in [0.25, 0.3) is 0 Å². The third-order valence-electron chi connectivity index (χ3n) is 2.22. The Bertz CT molecular complexity index is 335. The molecule has 2 saturated heterocycles. The van der Waals surface area contributed by atoms with Crippen molar-refractivity contribution in [2.75, 3.05) is 0 Å². The molecule has 2 heterocycles. The van der Waals surface area contributed by atoms with Gasteiger partial charge in [0.05, 0.1) is 5.92 Å². The van der Waals surface area contributed by atoms with E-state index in [2.05, 4.69) is 0 Å². The smallest absolute Gasteiger partial charge is 0.239 e. The minimum absolute atomic E-state index is 0.0893. The number of fused-ring (bicyclic) bond motifs is 1. The van der Waals surface area contributed by atoms with Gasteiger partial charge in [-0.25, -0.2) is 0 Å². The van der Waals surface area contributed by atoms with Crippen LogP contribution >= 0.6 is 0 Å². The molecule has 0 spiro atoms. The summed E-state index contributed by atoms with van der Waals surface area (Å²) in [5, 5.41) is 4.03. The van der Waals surface area contributed by atoms with E-state index in [1.807, 2.05) is 10.6 Å². The van der Waals surface area contributed by atoms with E-state index in [0.29, 0.717) is 0 Å². The van der Waals surface area contributed by atoms with Crippen molar-refractivity contribution in [3.63, 3.8) is 0 Å². The van der Waals surface area contributed by atoms with Crippen LogP contribution in [0.25, 0.3) is 0 Å². The van der Waals surface area contributed by atoms with Crippen LogP contribution in [0.2, 0.25) is 0 Å². The third kappa shape index (κ3) is 1.02. The molecule has 2 N–H and O–H groups in total. The fraction of sp³-hybridized carbons (Fsp3) is 0.429. The summed E-state index contributed by atoms with van der Waals surface area (Å²) in [7, 11) is 0. The van der Waals surface area contributed by atoms with Crippen molar-refractivity contribution in [2.45, 2.75) is 6.42 Å².